The Morgan fingerprint density at radius 1 is 0.670 bits per heavy atom. The number of hydrogen-bond donors (Lipinski definition) is 3. The predicted molar refractivity (Wildman–Crippen MR) is 440 cm³/mol. The Morgan fingerprint density at radius 3 is 1.39 bits per heavy atom. The van der Waals surface area contributed by atoms with Crippen molar-refractivity contribution in [1.82, 2.24) is 47.7 Å². The number of aromatic nitrogens is 9. The minimum atomic E-state index is -4.65. The van der Waals surface area contributed by atoms with Crippen LogP contribution in [0.25, 0.3) is 45.1 Å². The van der Waals surface area contributed by atoms with E-state index < -0.39 is 51.9 Å². The molecule has 0 radical (unpaired) electrons. The van der Waals surface area contributed by atoms with Crippen LogP contribution in [0.3, 0.4) is 0 Å². The molecule has 9 aromatic rings. The van der Waals surface area contributed by atoms with Gasteiger partial charge < -0.3 is 34.7 Å². The topological polar surface area (TPSA) is 434 Å². The van der Waals surface area contributed by atoms with Gasteiger partial charge in [0.25, 0.3) is 0 Å². The van der Waals surface area contributed by atoms with Crippen LogP contribution in [0, 0.1) is 44.1 Å². The van der Waals surface area contributed by atoms with Crippen LogP contribution >= 0.6 is 19.5 Å². The first-order chi connectivity index (χ1) is 52.0. The second kappa shape index (κ2) is 51.4. The first-order valence-electron chi connectivity index (χ1n) is 35.3. The number of aryl methyl sites for hydroxylation is 3. The minimum Gasteiger partial charge on any atom is -0.744 e. The molecule has 30 nitrogen and oxygen atoms in total. The molecule has 3 aromatic carbocycles. The number of halogens is 1. The molecule has 1 aliphatic rings. The third-order valence-electron chi connectivity index (χ3n) is 15.7. The number of benzene rings is 3. The van der Waals surface area contributed by atoms with Crippen LogP contribution in [0.5, 0.6) is 0 Å². The molecule has 0 bridgehead atoms. The number of carbonyl (C=O) groups excluding carboxylic acids is 1. The zero-order valence-electron chi connectivity index (χ0n) is 70.2. The quantitative estimate of drug-likeness (QED) is 0.0138. The molecule has 1 aliphatic carbocycles. The van der Waals surface area contributed by atoms with Crippen molar-refractivity contribution in [2.75, 3.05) is 6.61 Å². The number of carbonyl (C=O) groups is 1. The van der Waals surface area contributed by atoms with E-state index in [1.165, 1.54) is 53.4 Å². The van der Waals surface area contributed by atoms with Crippen LogP contribution in [-0.4, -0.2) is 134 Å². The van der Waals surface area contributed by atoms with Crippen LogP contribution in [0.15, 0.2) is 151 Å². The van der Waals surface area contributed by atoms with Crippen LogP contribution in [0.2, 0.25) is 5.15 Å². The van der Waals surface area contributed by atoms with Crippen LogP contribution in [0.4, 0.5) is 0 Å². The Labute approximate surface area is 748 Å². The van der Waals surface area contributed by atoms with Crippen molar-refractivity contribution in [3.8, 4) is 0 Å². The second-order valence-electron chi connectivity index (χ2n) is 29.7. The molecule has 39 heteroatoms. The summed E-state index contributed by atoms with van der Waals surface area (Å²) < 4.78 is 108. The fourth-order valence-electron chi connectivity index (χ4n) is 11.4. The van der Waals surface area contributed by atoms with Gasteiger partial charge in [-0.1, -0.05) is 172 Å². The summed E-state index contributed by atoms with van der Waals surface area (Å²) in [5.41, 5.74) is 14.8. The number of nitrogens with one attached hydrogen (secondary N) is 1. The molecular formula is C76H104BClN12Na3O18PS3. The summed E-state index contributed by atoms with van der Waals surface area (Å²) >= 11 is 5.85. The van der Waals surface area contributed by atoms with Gasteiger partial charge in [-0.2, -0.15) is 35.1 Å². The van der Waals surface area contributed by atoms with E-state index in [-0.39, 0.29) is 132 Å². The molecule has 0 spiro atoms. The van der Waals surface area contributed by atoms with Gasteiger partial charge in [0, 0.05) is 74.4 Å². The molecule has 0 aliphatic heterocycles. The van der Waals surface area contributed by atoms with Gasteiger partial charge >= 0.3 is 136 Å². The Kier molecular flexibility index (Phi) is 49.6. The van der Waals surface area contributed by atoms with Gasteiger partial charge in [-0.25, -0.2) is 51.0 Å². The Bertz CT molecular complexity index is 5180. The number of hydrogen-bond acceptors (Lipinski definition) is 22. The SMILES string of the molecule is C/C=C/B(O)O.C/C=C/c1ccc2c(n1)n(C)c(=O)n2CC(C)(C)C.CC(C)NC(C)C.CCC1C(C)C1c1ccc2c(n1)n(C)c(=O)n2CC(C)(C)C.CCOC(=O)C=[N+]=[N-].Cn1c(=O)n(CC(C)(C)C)c2ccc(Cl)nc21.O=O.O=S(=O)([O-])c1cccc(P(c2c[c-]ccc2)c2cccc(S(=O)(=O)[O-])c2)c1.O=S(=O)=O.[Na+].[Na+].[Na+]. The number of fused-ring (bicyclic) bond motifs is 3. The number of allylic oxidation sites excluding steroid dienone is 2. The summed E-state index contributed by atoms with van der Waals surface area (Å²) in [6.07, 6.45) is 7.35. The van der Waals surface area contributed by atoms with Crippen molar-refractivity contribution >= 4 is 125 Å². The molecule has 1 saturated carbocycles. The molecule has 0 saturated heterocycles. The molecule has 3 N–H and O–H groups in total. The average Bonchev–Trinajstić information content (AvgIpc) is 1.60. The van der Waals surface area contributed by atoms with Crippen LogP contribution in [0.1, 0.15) is 148 Å². The number of imidazole rings is 3. The maximum Gasteiger partial charge on any atom is 1.00 e. The summed E-state index contributed by atoms with van der Waals surface area (Å²) in [6, 6.07) is 34.0. The molecule has 3 unspecified atom stereocenters. The van der Waals surface area contributed by atoms with E-state index in [4.69, 9.17) is 54.7 Å². The fourth-order valence-corrected chi connectivity index (χ4v) is 15.1. The van der Waals surface area contributed by atoms with E-state index in [1.54, 1.807) is 90.2 Å². The smallest absolute Gasteiger partial charge is 0.744 e. The second-order valence-corrected chi connectivity index (χ2v) is 35.4. The van der Waals surface area contributed by atoms with Crippen molar-refractivity contribution in [3.63, 3.8) is 0 Å². The molecule has 115 heavy (non-hydrogen) atoms. The number of ether oxygens (including phenoxy) is 1. The molecule has 6 aromatic heterocycles. The summed E-state index contributed by atoms with van der Waals surface area (Å²) in [6.45, 7) is 40.0. The Hall–Kier alpha value is -6.05. The van der Waals surface area contributed by atoms with Crippen molar-refractivity contribution in [2.24, 2.45) is 49.2 Å². The molecule has 612 valence electrons. The maximum absolute atomic E-state index is 12.5. The molecule has 0 amide bonds. The van der Waals surface area contributed by atoms with Crippen molar-refractivity contribution in [2.45, 2.75) is 178 Å². The van der Waals surface area contributed by atoms with E-state index in [9.17, 15) is 45.1 Å². The van der Waals surface area contributed by atoms with Crippen LogP contribution in [-0.2, 0) is 81.2 Å². The third-order valence-corrected chi connectivity index (χ3v) is 20.0. The van der Waals surface area contributed by atoms with Gasteiger partial charge in [0.1, 0.15) is 25.4 Å². The molecule has 6 heterocycles. The minimum absolute atomic E-state index is 0. The molecule has 10 rings (SSSR count). The number of rotatable bonds is 16. The van der Waals surface area contributed by atoms with Crippen molar-refractivity contribution in [3.05, 3.63) is 197 Å². The molecule has 1 fully saturated rings. The molecular weight excluding hydrogens is 1610 g/mol. The standard InChI is InChI=1S/C18H27N3O.C18H14O6PS2.C15H21N3O.C12H16ClN3O.C6H15N.C4H6N2O2.C3H7BO2.3Na.O3S.O2/c1-7-12-11(2)15(12)13-8-9-14-16(19-13)20(6)17(22)21(14)10-18(3,4)5;19-26(20,21)17-10-4-8-15(12-17)25(14-6-2-1-3-7-14)16-9-5-11-18(13-16)27(22,23)24;1-6-7-11-8-9-12-13(16-11)17(5)14(19)18(12)10-15(2,3)4;1-12(2,3)7-16-8-5-6-9(13)14-10(8)15(4)11(16)17;1-5(2)7-6(3)4;1-2-8-4(7)3-6-5;1-2-3-4(5)6;;;;1-4(2)3;1-2/h8-9,11-12,15H,7,10H2,1-6H3;1-2,4-13H,(H,19,20,21)(H,22,23,24);6-9H,10H2,1-5H3;5-6H,7H2,1-4H3;5-7H,1-4H3;3H,2H2,1H3;2-3,5-6H,1H3;;;;;/q;-1;;;;;;3*+1;;/p-2/b;;7-6+;;;;3-2+;;;;;. The van der Waals surface area contributed by atoms with Gasteiger partial charge in [0.05, 0.1) is 38.6 Å². The maximum atomic E-state index is 12.5. The Balaban J connectivity index is 0. The summed E-state index contributed by atoms with van der Waals surface area (Å²) in [7, 11) is -9.78. The van der Waals surface area contributed by atoms with Gasteiger partial charge in [-0.05, 0) is 126 Å². The summed E-state index contributed by atoms with van der Waals surface area (Å²) in [5.74, 6) is 2.67. The van der Waals surface area contributed by atoms with Crippen molar-refractivity contribution in [1.29, 1.82) is 0 Å². The van der Waals surface area contributed by atoms with Gasteiger partial charge in [-0.3, -0.25) is 27.4 Å². The van der Waals surface area contributed by atoms with Gasteiger partial charge in [-0.15, -0.1) is 17.9 Å². The van der Waals surface area contributed by atoms with E-state index in [2.05, 4.69) is 147 Å². The van der Waals surface area contributed by atoms with Gasteiger partial charge in [0.2, 0.25) is 0 Å². The number of nitrogens with zero attached hydrogens (tertiary/aromatic N) is 11. The monoisotopic (exact) mass is 1710 g/mol. The zero-order valence-corrected chi connectivity index (χ0v) is 80.3. The fraction of sp³-hybridized carbons (Fsp3) is 0.447. The zero-order chi connectivity index (χ0) is 85.7. The first kappa shape index (κ1) is 111. The first-order valence-corrected chi connectivity index (χ1v) is 40.9. The van der Waals surface area contributed by atoms with Gasteiger partial charge in [0.15, 0.2) is 16.9 Å². The predicted octanol–water partition coefficient (Wildman–Crippen LogP) is 0.735. The largest absolute Gasteiger partial charge is 1.00 e. The van der Waals surface area contributed by atoms with E-state index >= 15 is 0 Å². The summed E-state index contributed by atoms with van der Waals surface area (Å²) in [4.78, 5) is 76.3. The number of esters is 1. The third kappa shape index (κ3) is 37.4. The average molecular weight is 1720 g/mol. The van der Waals surface area contributed by atoms with E-state index in [1.807, 2.05) is 53.5 Å². The Morgan fingerprint density at radius 2 is 1.07 bits per heavy atom. The normalized spacial score (nSPS) is 13.5. The van der Waals surface area contributed by atoms with E-state index in [0.717, 1.165) is 50.5 Å². The summed E-state index contributed by atoms with van der Waals surface area (Å²) in [5, 5.41) is 21.6. The number of pyridine rings is 3. The molecule has 3 atom stereocenters. The van der Waals surface area contributed by atoms with Crippen LogP contribution < -0.4 is 127 Å². The van der Waals surface area contributed by atoms with E-state index in [0.29, 0.717) is 77.8 Å². The van der Waals surface area contributed by atoms with Crippen molar-refractivity contribution < 1.29 is 152 Å².